The summed E-state index contributed by atoms with van der Waals surface area (Å²) in [6.07, 6.45) is 0. The third-order valence-corrected chi connectivity index (χ3v) is 1.55. The molecule has 1 rings (SSSR count). The van der Waals surface area contributed by atoms with Crippen molar-refractivity contribution in [2.24, 2.45) is 15.9 Å². The van der Waals surface area contributed by atoms with Crippen molar-refractivity contribution in [3.63, 3.8) is 0 Å². The van der Waals surface area contributed by atoms with E-state index in [0.717, 1.165) is 11.3 Å². The monoisotopic (exact) mass is 175 g/mol. The number of benzene rings is 1. The van der Waals surface area contributed by atoms with Gasteiger partial charge in [-0.2, -0.15) is 5.10 Å². The molecule has 3 heteroatoms. The summed E-state index contributed by atoms with van der Waals surface area (Å²) in [6, 6.07) is 9.87. The SMILES string of the molecule is C/C(=N/N=C(\C)N)c1ccccc1. The lowest BCUT2D eigenvalue weighted by atomic mass is 10.1. The van der Waals surface area contributed by atoms with Crippen molar-refractivity contribution in [1.29, 1.82) is 0 Å². The van der Waals surface area contributed by atoms with Gasteiger partial charge in [0.1, 0.15) is 5.84 Å². The fourth-order valence-electron chi connectivity index (χ4n) is 0.891. The predicted molar refractivity (Wildman–Crippen MR) is 55.9 cm³/mol. The number of nitrogens with zero attached hydrogens (tertiary/aromatic N) is 2. The third kappa shape index (κ3) is 3.07. The summed E-state index contributed by atoms with van der Waals surface area (Å²) in [6.45, 7) is 3.61. The van der Waals surface area contributed by atoms with Crippen LogP contribution in [0.25, 0.3) is 0 Å². The van der Waals surface area contributed by atoms with Gasteiger partial charge in [0.2, 0.25) is 0 Å². The second-order valence-corrected chi connectivity index (χ2v) is 2.79. The van der Waals surface area contributed by atoms with Crippen LogP contribution in [0, 0.1) is 0 Å². The number of hydrogen-bond donors (Lipinski definition) is 1. The van der Waals surface area contributed by atoms with Crippen LogP contribution < -0.4 is 5.73 Å². The van der Waals surface area contributed by atoms with Gasteiger partial charge >= 0.3 is 0 Å². The Kier molecular flexibility index (Phi) is 3.20. The van der Waals surface area contributed by atoms with Gasteiger partial charge in [0, 0.05) is 0 Å². The summed E-state index contributed by atoms with van der Waals surface area (Å²) in [5.41, 5.74) is 7.29. The van der Waals surface area contributed by atoms with E-state index in [0.29, 0.717) is 5.84 Å². The van der Waals surface area contributed by atoms with Gasteiger partial charge in [-0.1, -0.05) is 30.3 Å². The first kappa shape index (κ1) is 9.45. The van der Waals surface area contributed by atoms with Gasteiger partial charge in [0.25, 0.3) is 0 Å². The van der Waals surface area contributed by atoms with Gasteiger partial charge in [-0.3, -0.25) is 0 Å². The van der Waals surface area contributed by atoms with E-state index in [9.17, 15) is 0 Å². The lowest BCUT2D eigenvalue weighted by Gasteiger charge is -1.96. The molecule has 0 amide bonds. The van der Waals surface area contributed by atoms with Crippen LogP contribution in [0.15, 0.2) is 40.5 Å². The van der Waals surface area contributed by atoms with E-state index in [-0.39, 0.29) is 0 Å². The summed E-state index contributed by atoms with van der Waals surface area (Å²) in [5.74, 6) is 0.468. The number of amidine groups is 1. The second-order valence-electron chi connectivity index (χ2n) is 2.79. The molecule has 0 radical (unpaired) electrons. The zero-order valence-corrected chi connectivity index (χ0v) is 7.86. The molecule has 0 spiro atoms. The Balaban J connectivity index is 2.86. The zero-order chi connectivity index (χ0) is 9.68. The van der Waals surface area contributed by atoms with Crippen molar-refractivity contribution in [3.05, 3.63) is 35.9 Å². The molecule has 0 saturated heterocycles. The van der Waals surface area contributed by atoms with Gasteiger partial charge < -0.3 is 5.73 Å². The first-order chi connectivity index (χ1) is 6.20. The smallest absolute Gasteiger partial charge is 0.119 e. The van der Waals surface area contributed by atoms with Gasteiger partial charge in [-0.05, 0) is 19.4 Å². The van der Waals surface area contributed by atoms with Crippen molar-refractivity contribution in [1.82, 2.24) is 0 Å². The first-order valence-electron chi connectivity index (χ1n) is 4.10. The molecule has 1 aromatic rings. The van der Waals surface area contributed by atoms with Crippen LogP contribution in [0.3, 0.4) is 0 Å². The molecule has 0 aliphatic heterocycles. The molecule has 68 valence electrons. The standard InChI is InChI=1S/C10H13N3/c1-8(12-13-9(2)11)10-6-4-3-5-7-10/h3-7H,1-2H3,(H2,11,13)/b12-8-. The molecule has 0 aliphatic carbocycles. The number of nitrogens with two attached hydrogens (primary N) is 1. The lowest BCUT2D eigenvalue weighted by Crippen LogP contribution is -2.04. The minimum absolute atomic E-state index is 0.468. The Morgan fingerprint density at radius 2 is 1.69 bits per heavy atom. The van der Waals surface area contributed by atoms with Crippen molar-refractivity contribution < 1.29 is 0 Å². The second kappa shape index (κ2) is 4.40. The normalized spacial score (nSPS) is 13.1. The Morgan fingerprint density at radius 3 is 2.23 bits per heavy atom. The topological polar surface area (TPSA) is 50.7 Å². The van der Waals surface area contributed by atoms with Crippen molar-refractivity contribution in [2.75, 3.05) is 0 Å². The van der Waals surface area contributed by atoms with E-state index in [2.05, 4.69) is 10.2 Å². The molecule has 0 fully saturated rings. The summed E-state index contributed by atoms with van der Waals surface area (Å²) in [7, 11) is 0. The summed E-state index contributed by atoms with van der Waals surface area (Å²) < 4.78 is 0. The maximum absolute atomic E-state index is 5.36. The van der Waals surface area contributed by atoms with Crippen LogP contribution >= 0.6 is 0 Å². The molecular formula is C10H13N3. The minimum Gasteiger partial charge on any atom is -0.386 e. The van der Waals surface area contributed by atoms with Crippen LogP contribution in [-0.4, -0.2) is 11.5 Å². The maximum atomic E-state index is 5.36. The molecule has 0 aliphatic rings. The largest absolute Gasteiger partial charge is 0.386 e. The van der Waals surface area contributed by atoms with Crippen LogP contribution in [-0.2, 0) is 0 Å². The fourth-order valence-corrected chi connectivity index (χ4v) is 0.891. The molecule has 13 heavy (non-hydrogen) atoms. The highest BCUT2D eigenvalue weighted by atomic mass is 15.2. The van der Waals surface area contributed by atoms with E-state index < -0.39 is 0 Å². The molecule has 0 aromatic heterocycles. The lowest BCUT2D eigenvalue weighted by molar-refractivity contribution is 1.20. The summed E-state index contributed by atoms with van der Waals surface area (Å²) in [4.78, 5) is 0. The van der Waals surface area contributed by atoms with Crippen LogP contribution in [0.1, 0.15) is 19.4 Å². The molecular weight excluding hydrogens is 162 g/mol. The molecule has 2 N–H and O–H groups in total. The van der Waals surface area contributed by atoms with Gasteiger partial charge in [-0.15, -0.1) is 5.10 Å². The van der Waals surface area contributed by atoms with Gasteiger partial charge in [0.05, 0.1) is 5.71 Å². The summed E-state index contributed by atoms with van der Waals surface area (Å²) >= 11 is 0. The highest BCUT2D eigenvalue weighted by Crippen LogP contribution is 2.00. The van der Waals surface area contributed by atoms with Crippen molar-refractivity contribution >= 4 is 11.5 Å². The highest BCUT2D eigenvalue weighted by Gasteiger charge is 1.93. The predicted octanol–water partition coefficient (Wildman–Crippen LogP) is 1.79. The fraction of sp³-hybridized carbons (Fsp3) is 0.200. The Bertz CT molecular complexity index is 321. The summed E-state index contributed by atoms with van der Waals surface area (Å²) in [5, 5.41) is 7.76. The maximum Gasteiger partial charge on any atom is 0.119 e. The number of hydrogen-bond acceptors (Lipinski definition) is 2. The van der Waals surface area contributed by atoms with E-state index in [4.69, 9.17) is 5.73 Å². The molecule has 0 unspecified atom stereocenters. The van der Waals surface area contributed by atoms with Gasteiger partial charge in [-0.25, -0.2) is 0 Å². The van der Waals surface area contributed by atoms with Crippen molar-refractivity contribution in [2.45, 2.75) is 13.8 Å². The van der Waals surface area contributed by atoms with E-state index >= 15 is 0 Å². The third-order valence-electron chi connectivity index (χ3n) is 1.55. The van der Waals surface area contributed by atoms with Crippen molar-refractivity contribution in [3.8, 4) is 0 Å². The van der Waals surface area contributed by atoms with Gasteiger partial charge in [0.15, 0.2) is 0 Å². The van der Waals surface area contributed by atoms with Crippen LogP contribution in [0.5, 0.6) is 0 Å². The van der Waals surface area contributed by atoms with Crippen LogP contribution in [0.4, 0.5) is 0 Å². The molecule has 0 saturated carbocycles. The molecule has 0 heterocycles. The average molecular weight is 175 g/mol. The molecule has 0 atom stereocenters. The Morgan fingerprint density at radius 1 is 1.08 bits per heavy atom. The highest BCUT2D eigenvalue weighted by molar-refractivity contribution is 5.98. The Labute approximate surface area is 78.0 Å². The Hall–Kier alpha value is -1.64. The molecule has 1 aromatic carbocycles. The zero-order valence-electron chi connectivity index (χ0n) is 7.86. The van der Waals surface area contributed by atoms with E-state index in [1.807, 2.05) is 37.3 Å². The average Bonchev–Trinajstić information content (AvgIpc) is 2.15. The number of rotatable bonds is 2. The quantitative estimate of drug-likeness (QED) is 0.416. The molecule has 3 nitrogen and oxygen atoms in total. The first-order valence-corrected chi connectivity index (χ1v) is 4.10. The van der Waals surface area contributed by atoms with Crippen LogP contribution in [0.2, 0.25) is 0 Å². The minimum atomic E-state index is 0.468. The van der Waals surface area contributed by atoms with E-state index in [1.165, 1.54) is 0 Å². The van der Waals surface area contributed by atoms with E-state index in [1.54, 1.807) is 6.92 Å². The molecule has 0 bridgehead atoms.